The topological polar surface area (TPSA) is 59.0 Å². The molecule has 32 heavy (non-hydrogen) atoms. The highest BCUT2D eigenvalue weighted by Crippen LogP contribution is 2.29. The highest BCUT2D eigenvalue weighted by Gasteiger charge is 2.28. The maximum atomic E-state index is 12.8. The number of rotatable bonds is 6. The van der Waals surface area contributed by atoms with Crippen LogP contribution in [0, 0.1) is 12.8 Å². The van der Waals surface area contributed by atoms with Crippen molar-refractivity contribution in [3.63, 3.8) is 0 Å². The first-order chi connectivity index (χ1) is 15.3. The van der Waals surface area contributed by atoms with Crippen LogP contribution in [0.3, 0.4) is 0 Å². The van der Waals surface area contributed by atoms with Crippen LogP contribution in [0.1, 0.15) is 42.8 Å². The van der Waals surface area contributed by atoms with Crippen molar-refractivity contribution in [2.24, 2.45) is 5.92 Å². The molecule has 4 rings (SSSR count). The number of carbonyl (C=O) groups is 1. The summed E-state index contributed by atoms with van der Waals surface area (Å²) in [7, 11) is 0. The van der Waals surface area contributed by atoms with E-state index in [1.807, 2.05) is 36.1 Å². The van der Waals surface area contributed by atoms with E-state index in [-0.39, 0.29) is 24.7 Å². The van der Waals surface area contributed by atoms with Crippen molar-refractivity contribution in [2.75, 3.05) is 13.1 Å². The fourth-order valence-corrected chi connectivity index (χ4v) is 4.85. The Balaban J connectivity index is 1.34. The van der Waals surface area contributed by atoms with Gasteiger partial charge < -0.3 is 4.90 Å². The zero-order valence-electron chi connectivity index (χ0n) is 17.9. The predicted molar refractivity (Wildman–Crippen MR) is 118 cm³/mol. The van der Waals surface area contributed by atoms with Gasteiger partial charge in [-0.25, -0.2) is 0 Å². The number of benzene rings is 1. The van der Waals surface area contributed by atoms with Gasteiger partial charge in [-0.1, -0.05) is 23.5 Å². The molecule has 0 atom stereocenters. The number of nitrogens with zero attached hydrogens (tertiary/aromatic N) is 4. The molecule has 2 aromatic heterocycles. The Kier molecular flexibility index (Phi) is 6.74. The third-order valence-corrected chi connectivity index (χ3v) is 6.81. The molecule has 1 aromatic carbocycles. The lowest BCUT2D eigenvalue weighted by Crippen LogP contribution is -2.39. The molecule has 5 nitrogen and oxygen atoms in total. The van der Waals surface area contributed by atoms with E-state index in [4.69, 9.17) is 0 Å². The molecule has 1 saturated heterocycles. The number of halogens is 3. The van der Waals surface area contributed by atoms with Crippen molar-refractivity contribution >= 4 is 28.0 Å². The fraction of sp³-hybridized carbons (Fsp3) is 0.478. The van der Waals surface area contributed by atoms with Crippen LogP contribution in [0.4, 0.5) is 13.2 Å². The van der Waals surface area contributed by atoms with Crippen molar-refractivity contribution in [2.45, 2.75) is 51.6 Å². The maximum absolute atomic E-state index is 12.8. The minimum absolute atomic E-state index is 0.0153. The van der Waals surface area contributed by atoms with Crippen LogP contribution < -0.4 is 0 Å². The third-order valence-electron chi connectivity index (χ3n) is 5.92. The number of piperidine rings is 1. The molecule has 0 N–H and O–H groups in total. The van der Waals surface area contributed by atoms with Crippen LogP contribution in [-0.4, -0.2) is 45.3 Å². The molecule has 0 unspecified atom stereocenters. The summed E-state index contributed by atoms with van der Waals surface area (Å²) in [5.41, 5.74) is 1.69. The average molecular weight is 463 g/mol. The quantitative estimate of drug-likeness (QED) is 0.480. The second-order valence-electron chi connectivity index (χ2n) is 8.37. The number of aryl methyl sites for hydroxylation is 1. The normalized spacial score (nSPS) is 15.4. The summed E-state index contributed by atoms with van der Waals surface area (Å²) in [5, 5.41) is 12.0. The van der Waals surface area contributed by atoms with Gasteiger partial charge in [0.05, 0.1) is 12.1 Å². The fourth-order valence-electron chi connectivity index (χ4n) is 4.16. The summed E-state index contributed by atoms with van der Waals surface area (Å²) in [4.78, 5) is 19.0. The largest absolute Gasteiger partial charge is 0.389 e. The molecule has 1 aliphatic rings. The van der Waals surface area contributed by atoms with Crippen LogP contribution in [-0.2, 0) is 11.2 Å². The van der Waals surface area contributed by atoms with Gasteiger partial charge in [0.1, 0.15) is 10.0 Å². The molecule has 3 aromatic rings. The van der Waals surface area contributed by atoms with Crippen LogP contribution in [0.25, 0.3) is 21.3 Å². The second kappa shape index (κ2) is 9.52. The van der Waals surface area contributed by atoms with E-state index in [0.29, 0.717) is 25.2 Å². The van der Waals surface area contributed by atoms with Crippen molar-refractivity contribution in [1.82, 2.24) is 20.1 Å². The average Bonchev–Trinajstić information content (AvgIpc) is 3.19. The lowest BCUT2D eigenvalue weighted by atomic mass is 9.91. The van der Waals surface area contributed by atoms with Gasteiger partial charge in [0.25, 0.3) is 0 Å². The highest BCUT2D eigenvalue weighted by atomic mass is 32.1. The highest BCUT2D eigenvalue weighted by molar-refractivity contribution is 7.14. The van der Waals surface area contributed by atoms with Gasteiger partial charge in [0.2, 0.25) is 5.91 Å². The number of aromatic nitrogens is 3. The van der Waals surface area contributed by atoms with Crippen molar-refractivity contribution in [3.8, 4) is 10.6 Å². The maximum Gasteiger partial charge on any atom is 0.389 e. The van der Waals surface area contributed by atoms with E-state index >= 15 is 0 Å². The molecule has 0 radical (unpaired) electrons. The number of carbonyl (C=O) groups excluding carboxylic acids is 1. The van der Waals surface area contributed by atoms with Gasteiger partial charge >= 0.3 is 6.18 Å². The SMILES string of the molecule is Cc1nnc(-c2ccc3cnc(CC(=O)N4CCC(CCCC(F)(F)F)CC4)cc3c2)s1. The zero-order chi connectivity index (χ0) is 22.7. The Bertz CT molecular complexity index is 1090. The van der Waals surface area contributed by atoms with Gasteiger partial charge in [-0.3, -0.25) is 9.78 Å². The van der Waals surface area contributed by atoms with Crippen LogP contribution in [0.2, 0.25) is 0 Å². The molecule has 3 heterocycles. The molecule has 0 bridgehead atoms. The Labute approximate surface area is 188 Å². The second-order valence-corrected chi connectivity index (χ2v) is 9.55. The first-order valence-electron chi connectivity index (χ1n) is 10.8. The predicted octanol–water partition coefficient (Wildman–Crippen LogP) is 5.58. The Morgan fingerprint density at radius 3 is 2.62 bits per heavy atom. The lowest BCUT2D eigenvalue weighted by molar-refractivity contribution is -0.136. The van der Waals surface area contributed by atoms with E-state index < -0.39 is 12.6 Å². The van der Waals surface area contributed by atoms with E-state index in [1.54, 1.807) is 6.20 Å². The molecule has 1 aliphatic heterocycles. The molecule has 0 spiro atoms. The molecule has 0 aliphatic carbocycles. The standard InChI is InChI=1S/C23H25F3N4OS/c1-15-28-29-22(32-15)17-4-5-18-14-27-20(12-19(18)11-17)13-21(31)30-9-6-16(7-10-30)3-2-8-23(24,25)26/h4-5,11-12,14,16H,2-3,6-10,13H2,1H3. The zero-order valence-corrected chi connectivity index (χ0v) is 18.7. The molecular weight excluding hydrogens is 437 g/mol. The summed E-state index contributed by atoms with van der Waals surface area (Å²) in [6.45, 7) is 3.12. The van der Waals surface area contributed by atoms with E-state index in [0.717, 1.165) is 39.2 Å². The summed E-state index contributed by atoms with van der Waals surface area (Å²) in [6, 6.07) is 7.96. The summed E-state index contributed by atoms with van der Waals surface area (Å²) < 4.78 is 37.0. The number of fused-ring (bicyclic) bond motifs is 1. The molecule has 1 fully saturated rings. The van der Waals surface area contributed by atoms with E-state index in [9.17, 15) is 18.0 Å². The van der Waals surface area contributed by atoms with Gasteiger partial charge in [0, 0.05) is 36.7 Å². The molecular formula is C23H25F3N4OS. The number of alkyl halides is 3. The number of pyridine rings is 1. The van der Waals surface area contributed by atoms with Crippen LogP contribution in [0.15, 0.2) is 30.5 Å². The summed E-state index contributed by atoms with van der Waals surface area (Å²) in [6.07, 6.45) is -0.540. The first kappa shape index (κ1) is 22.6. The number of amides is 1. The summed E-state index contributed by atoms with van der Waals surface area (Å²) in [5.74, 6) is 0.282. The van der Waals surface area contributed by atoms with Crippen molar-refractivity contribution < 1.29 is 18.0 Å². The van der Waals surface area contributed by atoms with Gasteiger partial charge in [0.15, 0.2) is 0 Å². The lowest BCUT2D eigenvalue weighted by Gasteiger charge is -2.32. The monoisotopic (exact) mass is 462 g/mol. The molecule has 9 heteroatoms. The Morgan fingerprint density at radius 2 is 1.94 bits per heavy atom. The van der Waals surface area contributed by atoms with Crippen LogP contribution >= 0.6 is 11.3 Å². The minimum atomic E-state index is -4.08. The molecule has 0 saturated carbocycles. The van der Waals surface area contributed by atoms with Crippen molar-refractivity contribution in [1.29, 1.82) is 0 Å². The molecule has 170 valence electrons. The molecule has 1 amide bonds. The third kappa shape index (κ3) is 5.82. The van der Waals surface area contributed by atoms with E-state index in [2.05, 4.69) is 15.2 Å². The number of hydrogen-bond donors (Lipinski definition) is 0. The smallest absolute Gasteiger partial charge is 0.342 e. The first-order valence-corrected chi connectivity index (χ1v) is 11.6. The van der Waals surface area contributed by atoms with Gasteiger partial charge in [-0.2, -0.15) is 13.2 Å². The van der Waals surface area contributed by atoms with Gasteiger partial charge in [-0.05, 0) is 56.0 Å². The number of likely N-dealkylation sites (tertiary alicyclic amines) is 1. The van der Waals surface area contributed by atoms with Crippen molar-refractivity contribution in [3.05, 3.63) is 41.2 Å². The minimum Gasteiger partial charge on any atom is -0.342 e. The number of hydrogen-bond acceptors (Lipinski definition) is 5. The van der Waals surface area contributed by atoms with Gasteiger partial charge in [-0.15, -0.1) is 10.2 Å². The Hall–Kier alpha value is -2.55. The van der Waals surface area contributed by atoms with E-state index in [1.165, 1.54) is 11.3 Å². The van der Waals surface area contributed by atoms with Crippen LogP contribution in [0.5, 0.6) is 0 Å². The Morgan fingerprint density at radius 1 is 1.16 bits per heavy atom. The summed E-state index contributed by atoms with van der Waals surface area (Å²) >= 11 is 1.53.